The van der Waals surface area contributed by atoms with E-state index in [1.807, 2.05) is 30.0 Å². The molecular formula is C30H37N3O2. The fourth-order valence-electron chi connectivity index (χ4n) is 5.21. The zero-order valence-electron chi connectivity index (χ0n) is 20.7. The van der Waals surface area contributed by atoms with Gasteiger partial charge in [-0.15, -0.1) is 0 Å². The molecule has 4 rings (SSSR count). The molecule has 0 aromatic heterocycles. The Kier molecular flexibility index (Phi) is 8.19. The van der Waals surface area contributed by atoms with Crippen molar-refractivity contribution < 1.29 is 9.59 Å². The first-order valence-electron chi connectivity index (χ1n) is 12.7. The molecule has 1 aromatic carbocycles. The van der Waals surface area contributed by atoms with Crippen molar-refractivity contribution in [1.29, 1.82) is 0 Å². The van der Waals surface area contributed by atoms with Crippen molar-refractivity contribution in [2.75, 3.05) is 26.2 Å². The summed E-state index contributed by atoms with van der Waals surface area (Å²) in [6.45, 7) is 12.8. The van der Waals surface area contributed by atoms with E-state index in [0.717, 1.165) is 37.1 Å². The molecule has 35 heavy (non-hydrogen) atoms. The lowest BCUT2D eigenvalue weighted by atomic mass is 9.95. The van der Waals surface area contributed by atoms with Crippen LogP contribution >= 0.6 is 0 Å². The first kappa shape index (κ1) is 24.9. The van der Waals surface area contributed by atoms with E-state index in [9.17, 15) is 9.59 Å². The number of carbonyl (C=O) groups excluding carboxylic acids is 2. The lowest BCUT2D eigenvalue weighted by Gasteiger charge is -2.40. The number of carbonyl (C=O) groups is 2. The number of hydrogen-bond acceptors (Lipinski definition) is 3. The smallest absolute Gasteiger partial charge is 0.226 e. The van der Waals surface area contributed by atoms with Crippen LogP contribution in [0.2, 0.25) is 0 Å². The first-order valence-corrected chi connectivity index (χ1v) is 12.7. The molecule has 1 saturated heterocycles. The molecule has 5 heteroatoms. The van der Waals surface area contributed by atoms with Crippen molar-refractivity contribution in [3.05, 3.63) is 96.7 Å². The van der Waals surface area contributed by atoms with Gasteiger partial charge in [-0.3, -0.25) is 14.5 Å². The molecule has 0 spiro atoms. The van der Waals surface area contributed by atoms with E-state index in [1.165, 1.54) is 5.56 Å². The number of amides is 2. The Balaban J connectivity index is 1.33. The average Bonchev–Trinajstić information content (AvgIpc) is 3.71. The fourth-order valence-corrected chi connectivity index (χ4v) is 5.21. The van der Waals surface area contributed by atoms with Crippen molar-refractivity contribution in [3.8, 4) is 0 Å². The summed E-state index contributed by atoms with van der Waals surface area (Å²) < 4.78 is 0. The molecule has 5 nitrogen and oxygen atoms in total. The third kappa shape index (κ3) is 5.91. The van der Waals surface area contributed by atoms with Crippen LogP contribution in [0.15, 0.2) is 91.1 Å². The summed E-state index contributed by atoms with van der Waals surface area (Å²) in [4.78, 5) is 30.3. The largest absolute Gasteiger partial charge is 0.349 e. The molecule has 1 saturated carbocycles. The molecule has 2 fully saturated rings. The van der Waals surface area contributed by atoms with Gasteiger partial charge < -0.3 is 10.2 Å². The van der Waals surface area contributed by atoms with Gasteiger partial charge in [-0.2, -0.15) is 0 Å². The van der Waals surface area contributed by atoms with Gasteiger partial charge in [0.15, 0.2) is 0 Å². The average molecular weight is 472 g/mol. The van der Waals surface area contributed by atoms with Crippen LogP contribution in [-0.2, 0) is 9.59 Å². The lowest BCUT2D eigenvalue weighted by molar-refractivity contribution is -0.136. The standard InChI is InChI=1S/C30H37N3O2/c1-4-12-23(5-2)28(25-15-10-7-11-16-25)32-17-19-33(20-18-32)30(35)27-21-26(27)29(34)31-22(3)24-13-8-6-9-14-24/h4-5,7-8,10-16,22,26-28H,1-2,6,9,17-21H2,3H3,(H,31,34)/b23-12+. The van der Waals surface area contributed by atoms with Gasteiger partial charge in [0.05, 0.1) is 23.9 Å². The van der Waals surface area contributed by atoms with Gasteiger partial charge in [-0.1, -0.05) is 79.9 Å². The highest BCUT2D eigenvalue weighted by atomic mass is 16.2. The van der Waals surface area contributed by atoms with E-state index >= 15 is 0 Å². The molecule has 1 N–H and O–H groups in total. The number of benzene rings is 1. The normalized spacial score (nSPS) is 24.2. The van der Waals surface area contributed by atoms with Gasteiger partial charge in [-0.05, 0) is 42.9 Å². The van der Waals surface area contributed by atoms with Crippen LogP contribution in [0.4, 0.5) is 0 Å². The SMILES string of the molecule is C=C/C=C(\C=C)C(c1ccccc1)N1CCN(C(=O)C2CC2C(=O)NC(C)C2=CCCC=C2)CC1. The van der Waals surface area contributed by atoms with Crippen LogP contribution in [0.5, 0.6) is 0 Å². The molecule has 184 valence electrons. The number of hydrogen-bond donors (Lipinski definition) is 1. The quantitative estimate of drug-likeness (QED) is 0.536. The van der Waals surface area contributed by atoms with Gasteiger partial charge in [0.1, 0.15) is 0 Å². The Hall–Kier alpha value is -3.18. The van der Waals surface area contributed by atoms with Crippen molar-refractivity contribution in [2.24, 2.45) is 11.8 Å². The molecule has 1 aromatic rings. The summed E-state index contributed by atoms with van der Waals surface area (Å²) in [7, 11) is 0. The second-order valence-corrected chi connectivity index (χ2v) is 9.64. The third-order valence-corrected chi connectivity index (χ3v) is 7.29. The topological polar surface area (TPSA) is 52.7 Å². The Morgan fingerprint density at radius 1 is 1.06 bits per heavy atom. The maximum absolute atomic E-state index is 13.2. The molecule has 0 radical (unpaired) electrons. The number of piperazine rings is 1. The molecule has 1 aliphatic heterocycles. The Bertz CT molecular complexity index is 1030. The van der Waals surface area contributed by atoms with Gasteiger partial charge >= 0.3 is 0 Å². The lowest BCUT2D eigenvalue weighted by Crippen LogP contribution is -2.50. The van der Waals surface area contributed by atoms with Crippen LogP contribution in [0, 0.1) is 11.8 Å². The third-order valence-electron chi connectivity index (χ3n) is 7.29. The summed E-state index contributed by atoms with van der Waals surface area (Å²) in [5, 5.41) is 3.11. The van der Waals surface area contributed by atoms with Crippen molar-refractivity contribution in [2.45, 2.75) is 38.3 Å². The van der Waals surface area contributed by atoms with Crippen LogP contribution in [0.25, 0.3) is 0 Å². The molecule has 3 aliphatic rings. The van der Waals surface area contributed by atoms with Crippen LogP contribution in [0.3, 0.4) is 0 Å². The maximum Gasteiger partial charge on any atom is 0.226 e. The second kappa shape index (κ2) is 11.5. The first-order chi connectivity index (χ1) is 17.0. The Morgan fingerprint density at radius 3 is 2.43 bits per heavy atom. The summed E-state index contributed by atoms with van der Waals surface area (Å²) in [6.07, 6.45) is 14.9. The van der Waals surface area contributed by atoms with E-state index in [2.05, 4.69) is 65.9 Å². The predicted molar refractivity (Wildman–Crippen MR) is 141 cm³/mol. The van der Waals surface area contributed by atoms with Gasteiger partial charge in [-0.25, -0.2) is 0 Å². The minimum Gasteiger partial charge on any atom is -0.349 e. The molecular weight excluding hydrogens is 434 g/mol. The molecule has 4 atom stereocenters. The zero-order chi connectivity index (χ0) is 24.8. The molecule has 2 amide bonds. The number of nitrogens with zero attached hydrogens (tertiary/aromatic N) is 2. The maximum atomic E-state index is 13.2. The van der Waals surface area contributed by atoms with Crippen LogP contribution in [-0.4, -0.2) is 53.8 Å². The Morgan fingerprint density at radius 2 is 1.80 bits per heavy atom. The molecule has 1 heterocycles. The van der Waals surface area contributed by atoms with E-state index in [1.54, 1.807) is 6.08 Å². The van der Waals surface area contributed by atoms with Crippen LogP contribution in [0.1, 0.15) is 37.8 Å². The number of allylic oxidation sites excluding steroid dienone is 4. The molecule has 2 aliphatic carbocycles. The highest BCUT2D eigenvalue weighted by molar-refractivity contribution is 5.92. The number of nitrogens with one attached hydrogen (secondary N) is 1. The van der Waals surface area contributed by atoms with Gasteiger partial charge in [0.2, 0.25) is 11.8 Å². The van der Waals surface area contributed by atoms with Gasteiger partial charge in [0.25, 0.3) is 0 Å². The van der Waals surface area contributed by atoms with Crippen LogP contribution < -0.4 is 5.32 Å². The highest BCUT2D eigenvalue weighted by Crippen LogP contribution is 2.41. The van der Waals surface area contributed by atoms with E-state index in [-0.39, 0.29) is 35.7 Å². The molecule has 0 bridgehead atoms. The van der Waals surface area contributed by atoms with Crippen molar-refractivity contribution in [1.82, 2.24) is 15.1 Å². The fraction of sp³-hybridized carbons (Fsp3) is 0.400. The summed E-state index contributed by atoms with van der Waals surface area (Å²) >= 11 is 0. The Labute approximate surface area is 209 Å². The highest BCUT2D eigenvalue weighted by Gasteiger charge is 2.50. The summed E-state index contributed by atoms with van der Waals surface area (Å²) in [5.41, 5.74) is 3.46. The summed E-state index contributed by atoms with van der Waals surface area (Å²) in [6, 6.07) is 10.5. The zero-order valence-corrected chi connectivity index (χ0v) is 20.7. The van der Waals surface area contributed by atoms with Crippen molar-refractivity contribution in [3.63, 3.8) is 0 Å². The molecule has 4 unspecified atom stereocenters. The minimum atomic E-state index is -0.198. The van der Waals surface area contributed by atoms with Crippen molar-refractivity contribution >= 4 is 11.8 Å². The van der Waals surface area contributed by atoms with E-state index < -0.39 is 0 Å². The minimum absolute atomic E-state index is 0.00341. The van der Waals surface area contributed by atoms with E-state index in [4.69, 9.17) is 0 Å². The monoisotopic (exact) mass is 471 g/mol. The summed E-state index contributed by atoms with van der Waals surface area (Å²) in [5.74, 6) is -0.255. The second-order valence-electron chi connectivity index (χ2n) is 9.64. The number of rotatable bonds is 9. The predicted octanol–water partition coefficient (Wildman–Crippen LogP) is 4.59. The van der Waals surface area contributed by atoms with E-state index in [0.29, 0.717) is 19.5 Å². The van der Waals surface area contributed by atoms with Gasteiger partial charge in [0, 0.05) is 26.2 Å².